The van der Waals surface area contributed by atoms with Gasteiger partial charge >= 0.3 is 0 Å². The average Bonchev–Trinajstić information content (AvgIpc) is 2.76. The van der Waals surface area contributed by atoms with Crippen LogP contribution in [0.5, 0.6) is 0 Å². The Balaban J connectivity index is 1.73. The van der Waals surface area contributed by atoms with Crippen LogP contribution in [0.2, 0.25) is 0 Å². The molecule has 4 aromatic rings. The van der Waals surface area contributed by atoms with E-state index in [0.29, 0.717) is 11.1 Å². The summed E-state index contributed by atoms with van der Waals surface area (Å²) in [5.74, 6) is 0. The van der Waals surface area contributed by atoms with Gasteiger partial charge < -0.3 is 0 Å². The molecule has 0 aliphatic carbocycles. The molecule has 1 N–H and O–H groups in total. The van der Waals surface area contributed by atoms with Gasteiger partial charge in [-0.25, -0.2) is 17.8 Å². The van der Waals surface area contributed by atoms with Crippen LogP contribution in [-0.2, 0) is 23.6 Å². The van der Waals surface area contributed by atoms with Crippen LogP contribution in [0.1, 0.15) is 11.1 Å². The molecule has 7 heteroatoms. The predicted octanol–water partition coefficient (Wildman–Crippen LogP) is 3.39. The summed E-state index contributed by atoms with van der Waals surface area (Å²) >= 11 is 0. The highest BCUT2D eigenvalue weighted by Crippen LogP contribution is 2.26. The molecule has 0 saturated heterocycles. The number of hydrogen-bond donors (Lipinski definition) is 1. The number of fused-ring (bicyclic) bond motifs is 1. The van der Waals surface area contributed by atoms with E-state index in [1.165, 1.54) is 4.68 Å². The van der Waals surface area contributed by atoms with E-state index < -0.39 is 10.0 Å². The average molecular weight is 420 g/mol. The predicted molar refractivity (Wildman–Crippen MR) is 118 cm³/mol. The van der Waals surface area contributed by atoms with Crippen molar-refractivity contribution in [1.29, 1.82) is 0 Å². The molecule has 0 aliphatic heterocycles. The number of aromatic nitrogens is 2. The molecule has 0 atom stereocenters. The van der Waals surface area contributed by atoms with Crippen molar-refractivity contribution < 1.29 is 8.42 Å². The van der Waals surface area contributed by atoms with Crippen molar-refractivity contribution in [3.05, 3.63) is 94.3 Å². The van der Waals surface area contributed by atoms with E-state index in [2.05, 4.69) is 9.82 Å². The largest absolute Gasteiger partial charge is 0.274 e. The molecule has 1 aromatic heterocycles. The van der Waals surface area contributed by atoms with Crippen molar-refractivity contribution in [2.24, 2.45) is 7.05 Å². The summed E-state index contributed by atoms with van der Waals surface area (Å²) in [7, 11) is -1.98. The van der Waals surface area contributed by atoms with Crippen LogP contribution in [0.25, 0.3) is 22.0 Å². The Kier molecular flexibility index (Phi) is 5.24. The van der Waals surface area contributed by atoms with Gasteiger partial charge in [-0.1, -0.05) is 48.5 Å². The summed E-state index contributed by atoms with van der Waals surface area (Å²) in [6.07, 6.45) is 0. The SMILES string of the molecule is Cc1ccc(-c2nn(C)c(=O)c3ccccc23)cc1CNS(=O)(=O)c1ccccc1. The molecule has 6 nitrogen and oxygen atoms in total. The Hall–Kier alpha value is -3.29. The fourth-order valence-electron chi connectivity index (χ4n) is 3.38. The standard InChI is InChI=1S/C23H21N3O3S/c1-16-12-13-17(22-20-10-6-7-11-21(20)23(27)26(2)25-22)14-18(16)15-24-30(28,29)19-8-4-3-5-9-19/h3-14,24H,15H2,1-2H3. The van der Waals surface area contributed by atoms with E-state index in [4.69, 9.17) is 0 Å². The maximum atomic E-state index is 12.6. The van der Waals surface area contributed by atoms with E-state index in [9.17, 15) is 13.2 Å². The van der Waals surface area contributed by atoms with E-state index >= 15 is 0 Å². The van der Waals surface area contributed by atoms with Crippen LogP contribution in [0, 0.1) is 6.92 Å². The molecular weight excluding hydrogens is 398 g/mol. The lowest BCUT2D eigenvalue weighted by atomic mass is 10.00. The highest BCUT2D eigenvalue weighted by molar-refractivity contribution is 7.89. The molecule has 0 unspecified atom stereocenters. The van der Waals surface area contributed by atoms with Crippen LogP contribution in [0.15, 0.2) is 82.5 Å². The molecule has 1 heterocycles. The van der Waals surface area contributed by atoms with Crippen molar-refractivity contribution in [2.45, 2.75) is 18.4 Å². The van der Waals surface area contributed by atoms with Gasteiger partial charge in [-0.3, -0.25) is 4.79 Å². The van der Waals surface area contributed by atoms with Gasteiger partial charge in [0.1, 0.15) is 0 Å². The van der Waals surface area contributed by atoms with Crippen LogP contribution in [0.3, 0.4) is 0 Å². The van der Waals surface area contributed by atoms with Gasteiger partial charge in [-0.05, 0) is 42.3 Å². The fourth-order valence-corrected chi connectivity index (χ4v) is 4.41. The lowest BCUT2D eigenvalue weighted by Crippen LogP contribution is -2.23. The van der Waals surface area contributed by atoms with Gasteiger partial charge in [0.2, 0.25) is 10.0 Å². The first-order valence-corrected chi connectivity index (χ1v) is 11.0. The number of nitrogens with zero attached hydrogens (tertiary/aromatic N) is 2. The molecule has 0 spiro atoms. The second-order valence-electron chi connectivity index (χ2n) is 7.10. The van der Waals surface area contributed by atoms with Gasteiger partial charge in [-0.15, -0.1) is 0 Å². The summed E-state index contributed by atoms with van der Waals surface area (Å²) in [6.45, 7) is 2.09. The summed E-state index contributed by atoms with van der Waals surface area (Å²) in [6, 6.07) is 21.4. The van der Waals surface area contributed by atoms with Crippen LogP contribution >= 0.6 is 0 Å². The number of nitrogens with one attached hydrogen (secondary N) is 1. The Morgan fingerprint density at radius 2 is 1.60 bits per heavy atom. The van der Waals surface area contributed by atoms with Gasteiger partial charge in [0.05, 0.1) is 16.0 Å². The fraction of sp³-hybridized carbons (Fsp3) is 0.130. The quantitative estimate of drug-likeness (QED) is 0.538. The minimum atomic E-state index is -3.61. The van der Waals surface area contributed by atoms with Gasteiger partial charge in [0.15, 0.2) is 0 Å². The molecule has 4 rings (SSSR count). The number of benzene rings is 3. The molecule has 0 radical (unpaired) electrons. The Morgan fingerprint density at radius 3 is 2.33 bits per heavy atom. The third-order valence-corrected chi connectivity index (χ3v) is 6.50. The molecule has 3 aromatic carbocycles. The molecule has 30 heavy (non-hydrogen) atoms. The minimum absolute atomic E-state index is 0.153. The zero-order chi connectivity index (χ0) is 21.3. The first kappa shape index (κ1) is 20.0. The molecule has 0 bridgehead atoms. The number of hydrogen-bond acceptors (Lipinski definition) is 4. The molecule has 0 amide bonds. The molecular formula is C23H21N3O3S. The van der Waals surface area contributed by atoms with E-state index in [1.54, 1.807) is 43.4 Å². The van der Waals surface area contributed by atoms with Crippen molar-refractivity contribution in [2.75, 3.05) is 0 Å². The number of sulfonamides is 1. The third kappa shape index (κ3) is 3.77. The number of rotatable bonds is 5. The topological polar surface area (TPSA) is 81.1 Å². The van der Waals surface area contributed by atoms with Crippen molar-refractivity contribution in [1.82, 2.24) is 14.5 Å². The summed E-state index contributed by atoms with van der Waals surface area (Å²) in [5.41, 5.74) is 3.15. The maximum absolute atomic E-state index is 12.6. The van der Waals surface area contributed by atoms with E-state index in [-0.39, 0.29) is 17.0 Å². The Labute approximate surface area is 174 Å². The first-order chi connectivity index (χ1) is 14.4. The molecule has 0 saturated carbocycles. The van der Waals surface area contributed by atoms with Crippen LogP contribution < -0.4 is 10.3 Å². The van der Waals surface area contributed by atoms with Crippen LogP contribution in [0.4, 0.5) is 0 Å². The van der Waals surface area contributed by atoms with Crippen molar-refractivity contribution in [3.8, 4) is 11.3 Å². The minimum Gasteiger partial charge on any atom is -0.267 e. The summed E-state index contributed by atoms with van der Waals surface area (Å²) in [5, 5.41) is 5.82. The molecule has 0 fully saturated rings. The maximum Gasteiger partial charge on any atom is 0.274 e. The highest BCUT2D eigenvalue weighted by Gasteiger charge is 2.15. The molecule has 0 aliphatic rings. The zero-order valence-electron chi connectivity index (χ0n) is 16.7. The third-order valence-electron chi connectivity index (χ3n) is 5.09. The second kappa shape index (κ2) is 7.85. The first-order valence-electron chi connectivity index (χ1n) is 9.47. The smallest absolute Gasteiger partial charge is 0.267 e. The second-order valence-corrected chi connectivity index (χ2v) is 8.87. The monoisotopic (exact) mass is 419 g/mol. The van der Waals surface area contributed by atoms with Gasteiger partial charge in [-0.2, -0.15) is 5.10 Å². The summed E-state index contributed by atoms with van der Waals surface area (Å²) < 4.78 is 29.1. The highest BCUT2D eigenvalue weighted by atomic mass is 32.2. The molecule has 152 valence electrons. The Morgan fingerprint density at radius 1 is 0.933 bits per heavy atom. The van der Waals surface area contributed by atoms with Crippen molar-refractivity contribution >= 4 is 20.8 Å². The van der Waals surface area contributed by atoms with E-state index in [1.807, 2.05) is 43.3 Å². The van der Waals surface area contributed by atoms with E-state index in [0.717, 1.165) is 22.1 Å². The lowest BCUT2D eigenvalue weighted by Gasteiger charge is -2.13. The normalized spacial score (nSPS) is 11.7. The van der Waals surface area contributed by atoms with Crippen molar-refractivity contribution in [3.63, 3.8) is 0 Å². The Bertz CT molecular complexity index is 1390. The zero-order valence-corrected chi connectivity index (χ0v) is 17.5. The van der Waals surface area contributed by atoms with Gasteiger partial charge in [0, 0.05) is 24.5 Å². The summed E-state index contributed by atoms with van der Waals surface area (Å²) in [4.78, 5) is 12.6. The van der Waals surface area contributed by atoms with Gasteiger partial charge in [0.25, 0.3) is 5.56 Å². The number of aryl methyl sites for hydroxylation is 2. The lowest BCUT2D eigenvalue weighted by molar-refractivity contribution is 0.581. The van der Waals surface area contributed by atoms with Crippen LogP contribution in [-0.4, -0.2) is 18.2 Å².